The molecule has 0 spiro atoms. The average Bonchev–Trinajstić information content (AvgIpc) is 3.18. The number of carbonyl (C=O) groups excluding carboxylic acids is 1. The summed E-state index contributed by atoms with van der Waals surface area (Å²) in [4.78, 5) is 22.9. The van der Waals surface area contributed by atoms with Crippen LogP contribution >= 0.6 is 11.3 Å². The number of thiophene rings is 1. The Morgan fingerprint density at radius 1 is 1.32 bits per heavy atom. The molecule has 1 atom stereocenters. The van der Waals surface area contributed by atoms with Crippen LogP contribution in [0.5, 0.6) is 5.75 Å². The zero-order valence-electron chi connectivity index (χ0n) is 18.1. The van der Waals surface area contributed by atoms with Crippen LogP contribution in [0.1, 0.15) is 26.9 Å². The molecular formula is C24H27N3O3S. The predicted octanol–water partition coefficient (Wildman–Crippen LogP) is 4.09. The molecule has 3 heterocycles. The van der Waals surface area contributed by atoms with E-state index in [9.17, 15) is 4.79 Å². The molecule has 0 aliphatic carbocycles. The fourth-order valence-corrected chi connectivity index (χ4v) is 5.02. The van der Waals surface area contributed by atoms with E-state index >= 15 is 0 Å². The van der Waals surface area contributed by atoms with E-state index < -0.39 is 0 Å². The van der Waals surface area contributed by atoms with Crippen molar-refractivity contribution in [3.05, 3.63) is 64.7 Å². The Morgan fingerprint density at radius 3 is 2.97 bits per heavy atom. The first-order valence-electron chi connectivity index (χ1n) is 10.3. The zero-order chi connectivity index (χ0) is 21.8. The third kappa shape index (κ3) is 4.63. The number of amides is 1. The molecule has 2 aromatic heterocycles. The fraction of sp³-hybridized carbons (Fsp3) is 0.333. The van der Waals surface area contributed by atoms with Crippen LogP contribution in [-0.2, 0) is 4.74 Å². The number of para-hydroxylation sites is 1. The number of benzene rings is 1. The summed E-state index contributed by atoms with van der Waals surface area (Å²) in [6.45, 7) is 3.00. The number of fused-ring (bicyclic) bond motifs is 1. The van der Waals surface area contributed by atoms with E-state index in [1.54, 1.807) is 32.3 Å². The summed E-state index contributed by atoms with van der Waals surface area (Å²) in [5, 5.41) is 1.01. The van der Waals surface area contributed by atoms with Gasteiger partial charge in [0.15, 0.2) is 0 Å². The van der Waals surface area contributed by atoms with Gasteiger partial charge in [0.25, 0.3) is 5.91 Å². The average molecular weight is 438 g/mol. The quantitative estimate of drug-likeness (QED) is 0.581. The highest BCUT2D eigenvalue weighted by atomic mass is 32.1. The van der Waals surface area contributed by atoms with Gasteiger partial charge in [0.1, 0.15) is 15.5 Å². The lowest BCUT2D eigenvalue weighted by Gasteiger charge is -2.32. The van der Waals surface area contributed by atoms with Gasteiger partial charge in [-0.3, -0.25) is 9.69 Å². The molecule has 0 saturated carbocycles. The number of morpholine rings is 1. The predicted molar refractivity (Wildman–Crippen MR) is 125 cm³/mol. The monoisotopic (exact) mass is 437 g/mol. The minimum atomic E-state index is -0.162. The van der Waals surface area contributed by atoms with Gasteiger partial charge < -0.3 is 14.4 Å². The maximum Gasteiger partial charge on any atom is 0.263 e. The molecule has 0 bridgehead atoms. The maximum atomic E-state index is 12.9. The van der Waals surface area contributed by atoms with E-state index in [-0.39, 0.29) is 12.0 Å². The summed E-state index contributed by atoms with van der Waals surface area (Å²) < 4.78 is 11.6. The zero-order valence-corrected chi connectivity index (χ0v) is 18.9. The minimum Gasteiger partial charge on any atom is -0.496 e. The number of pyridine rings is 1. The van der Waals surface area contributed by atoms with Crippen LogP contribution in [0.25, 0.3) is 16.3 Å². The number of aromatic nitrogens is 1. The van der Waals surface area contributed by atoms with E-state index in [0.29, 0.717) is 6.61 Å². The summed E-state index contributed by atoms with van der Waals surface area (Å²) in [7, 11) is 5.24. The van der Waals surface area contributed by atoms with Gasteiger partial charge in [0.05, 0.1) is 19.8 Å². The van der Waals surface area contributed by atoms with Gasteiger partial charge in [-0.2, -0.15) is 0 Å². The first kappa shape index (κ1) is 21.5. The Kier molecular flexibility index (Phi) is 6.65. The SMILES string of the molecule is COc1ccccc1/C=C/CN1CCO[C@@H](c2c(C(=O)N(C)C)sc3ncccc23)C1. The molecular weight excluding hydrogens is 410 g/mol. The molecule has 3 aromatic rings. The van der Waals surface area contributed by atoms with E-state index in [1.165, 1.54) is 11.3 Å². The smallest absolute Gasteiger partial charge is 0.263 e. The van der Waals surface area contributed by atoms with E-state index in [4.69, 9.17) is 9.47 Å². The Labute approximate surface area is 186 Å². The molecule has 1 saturated heterocycles. The molecule has 0 N–H and O–H groups in total. The number of hydrogen-bond acceptors (Lipinski definition) is 6. The molecule has 1 aliphatic heterocycles. The highest BCUT2D eigenvalue weighted by Gasteiger charge is 2.30. The molecule has 6 nitrogen and oxygen atoms in total. The normalized spacial score (nSPS) is 17.3. The van der Waals surface area contributed by atoms with Crippen molar-refractivity contribution in [1.82, 2.24) is 14.8 Å². The summed E-state index contributed by atoms with van der Waals surface area (Å²) >= 11 is 1.45. The number of ether oxygens (including phenoxy) is 2. The van der Waals surface area contributed by atoms with Gasteiger partial charge in [0.2, 0.25) is 0 Å². The third-order valence-electron chi connectivity index (χ3n) is 5.38. The van der Waals surface area contributed by atoms with Crippen molar-refractivity contribution in [2.24, 2.45) is 0 Å². The molecule has 1 fully saturated rings. The van der Waals surface area contributed by atoms with Crippen LogP contribution in [0.15, 0.2) is 48.7 Å². The van der Waals surface area contributed by atoms with E-state index in [0.717, 1.165) is 51.6 Å². The van der Waals surface area contributed by atoms with Crippen LogP contribution in [0.2, 0.25) is 0 Å². The highest BCUT2D eigenvalue weighted by Crippen LogP contribution is 2.37. The second-order valence-corrected chi connectivity index (χ2v) is 8.66. The standard InChI is InChI=1S/C24H27N3O3S/c1-26(2)24(28)22-21(18-10-6-12-25-23(18)31-22)20-16-27(14-15-30-20)13-7-9-17-8-4-5-11-19(17)29-3/h4-12,20H,13-16H2,1-3H3/b9-7+/t20-/m1/s1. The minimum absolute atomic E-state index is 0.00482. The Morgan fingerprint density at radius 2 is 2.16 bits per heavy atom. The van der Waals surface area contributed by atoms with E-state index in [1.807, 2.05) is 36.4 Å². The summed E-state index contributed by atoms with van der Waals surface area (Å²) in [6, 6.07) is 11.9. The number of rotatable bonds is 6. The Balaban J connectivity index is 1.55. The van der Waals surface area contributed by atoms with Crippen molar-refractivity contribution >= 4 is 33.5 Å². The van der Waals surface area contributed by atoms with Gasteiger partial charge in [-0.25, -0.2) is 4.98 Å². The number of hydrogen-bond donors (Lipinski definition) is 0. The number of carbonyl (C=O) groups is 1. The Bertz CT molecular complexity index is 1090. The summed E-state index contributed by atoms with van der Waals surface area (Å²) in [5.74, 6) is 0.859. The van der Waals surface area contributed by atoms with Crippen LogP contribution in [0.4, 0.5) is 0 Å². The van der Waals surface area contributed by atoms with Crippen LogP contribution in [0, 0.1) is 0 Å². The van der Waals surface area contributed by atoms with Crippen molar-refractivity contribution in [2.75, 3.05) is 47.4 Å². The topological polar surface area (TPSA) is 54.9 Å². The lowest BCUT2D eigenvalue weighted by molar-refractivity contribution is -0.0254. The van der Waals surface area contributed by atoms with Gasteiger partial charge >= 0.3 is 0 Å². The molecule has 1 aromatic carbocycles. The van der Waals surface area contributed by atoms with Crippen molar-refractivity contribution in [2.45, 2.75) is 6.10 Å². The highest BCUT2D eigenvalue weighted by molar-refractivity contribution is 7.20. The van der Waals surface area contributed by atoms with Crippen LogP contribution < -0.4 is 4.74 Å². The van der Waals surface area contributed by atoms with Crippen molar-refractivity contribution in [1.29, 1.82) is 0 Å². The Hall–Kier alpha value is -2.74. The van der Waals surface area contributed by atoms with Gasteiger partial charge in [-0.1, -0.05) is 36.4 Å². The molecule has 162 valence electrons. The van der Waals surface area contributed by atoms with Gasteiger partial charge in [-0.15, -0.1) is 11.3 Å². The van der Waals surface area contributed by atoms with Crippen LogP contribution in [0.3, 0.4) is 0 Å². The molecule has 1 amide bonds. The molecule has 0 unspecified atom stereocenters. The summed E-state index contributed by atoms with van der Waals surface area (Å²) in [5.41, 5.74) is 2.02. The molecule has 4 rings (SSSR count). The van der Waals surface area contributed by atoms with Gasteiger partial charge in [0, 0.05) is 56.4 Å². The lowest BCUT2D eigenvalue weighted by Crippen LogP contribution is -2.38. The maximum absolute atomic E-state index is 12.9. The fourth-order valence-electron chi connectivity index (χ4n) is 3.81. The van der Waals surface area contributed by atoms with Crippen molar-refractivity contribution in [3.63, 3.8) is 0 Å². The first-order valence-corrected chi connectivity index (χ1v) is 11.1. The second-order valence-electron chi connectivity index (χ2n) is 7.66. The molecule has 31 heavy (non-hydrogen) atoms. The van der Waals surface area contributed by atoms with Crippen LogP contribution in [-0.4, -0.2) is 68.1 Å². The van der Waals surface area contributed by atoms with Crippen molar-refractivity contribution in [3.8, 4) is 5.75 Å². The second kappa shape index (κ2) is 9.60. The third-order valence-corrected chi connectivity index (χ3v) is 6.49. The first-order chi connectivity index (χ1) is 15.1. The largest absolute Gasteiger partial charge is 0.496 e. The van der Waals surface area contributed by atoms with E-state index in [2.05, 4.69) is 22.0 Å². The van der Waals surface area contributed by atoms with Crippen molar-refractivity contribution < 1.29 is 14.3 Å². The van der Waals surface area contributed by atoms with Gasteiger partial charge in [-0.05, 0) is 12.1 Å². The molecule has 0 radical (unpaired) electrons. The lowest BCUT2D eigenvalue weighted by atomic mass is 10.0. The number of methoxy groups -OCH3 is 1. The molecule has 1 aliphatic rings. The number of nitrogens with zero attached hydrogens (tertiary/aromatic N) is 3. The molecule has 7 heteroatoms. The summed E-state index contributed by atoms with van der Waals surface area (Å²) in [6.07, 6.45) is 5.85.